The topological polar surface area (TPSA) is 65.9 Å². The molecule has 4 aromatic rings. The minimum atomic E-state index is -0.200. The zero-order valence-electron chi connectivity index (χ0n) is 19.9. The van der Waals surface area contributed by atoms with E-state index in [4.69, 9.17) is 10.8 Å². The number of anilines is 3. The Morgan fingerprint density at radius 1 is 0.971 bits per heavy atom. The van der Waals surface area contributed by atoms with Crippen molar-refractivity contribution < 1.29 is 4.39 Å². The van der Waals surface area contributed by atoms with E-state index in [-0.39, 0.29) is 11.9 Å². The Balaban J connectivity index is 1.35. The highest BCUT2D eigenvalue weighted by Crippen LogP contribution is 2.36. The second-order valence-electron chi connectivity index (χ2n) is 9.58. The molecular formula is C27H30FN7. The number of halogens is 1. The summed E-state index contributed by atoms with van der Waals surface area (Å²) in [6, 6.07) is 17.2. The van der Waals surface area contributed by atoms with E-state index >= 15 is 0 Å². The molecule has 0 spiro atoms. The van der Waals surface area contributed by atoms with Gasteiger partial charge in [-0.1, -0.05) is 18.2 Å². The first-order valence-corrected chi connectivity index (χ1v) is 12.3. The van der Waals surface area contributed by atoms with Gasteiger partial charge in [-0.25, -0.2) is 13.9 Å². The zero-order valence-corrected chi connectivity index (χ0v) is 19.9. The highest BCUT2D eigenvalue weighted by molar-refractivity contribution is 5.76. The van der Waals surface area contributed by atoms with Gasteiger partial charge in [-0.15, -0.1) is 5.10 Å². The molecule has 2 aliphatic heterocycles. The lowest BCUT2D eigenvalue weighted by molar-refractivity contribution is 0.313. The van der Waals surface area contributed by atoms with Crippen molar-refractivity contribution in [2.24, 2.45) is 0 Å². The summed E-state index contributed by atoms with van der Waals surface area (Å²) in [5.41, 5.74) is 12.0. The van der Waals surface area contributed by atoms with Crippen LogP contribution in [0.4, 0.5) is 21.6 Å². The molecule has 2 fully saturated rings. The average Bonchev–Trinajstić information content (AvgIpc) is 3.52. The molecule has 2 aromatic carbocycles. The molecular weight excluding hydrogens is 441 g/mol. The Morgan fingerprint density at radius 2 is 1.83 bits per heavy atom. The second kappa shape index (κ2) is 8.85. The maximum Gasteiger partial charge on any atom is 0.154 e. The molecule has 0 bridgehead atoms. The van der Waals surface area contributed by atoms with E-state index < -0.39 is 0 Å². The van der Waals surface area contributed by atoms with Gasteiger partial charge in [-0.3, -0.25) is 0 Å². The highest BCUT2D eigenvalue weighted by atomic mass is 19.1. The van der Waals surface area contributed by atoms with Crippen molar-refractivity contribution in [3.05, 3.63) is 72.2 Å². The quantitative estimate of drug-likeness (QED) is 0.450. The van der Waals surface area contributed by atoms with E-state index in [1.165, 1.54) is 6.07 Å². The summed E-state index contributed by atoms with van der Waals surface area (Å²) in [6.07, 6.45) is 3.90. The molecule has 2 aromatic heterocycles. The molecule has 4 heterocycles. The number of hydrogen-bond donors (Lipinski definition) is 1. The highest BCUT2D eigenvalue weighted by Gasteiger charge is 2.28. The van der Waals surface area contributed by atoms with Crippen LogP contribution in [0.2, 0.25) is 0 Å². The number of hydrogen-bond acceptors (Lipinski definition) is 6. The third kappa shape index (κ3) is 4.08. The molecule has 6 rings (SSSR count). The minimum absolute atomic E-state index is 0.114. The predicted molar refractivity (Wildman–Crippen MR) is 138 cm³/mol. The van der Waals surface area contributed by atoms with Gasteiger partial charge in [0.05, 0.1) is 29.3 Å². The molecule has 180 valence electrons. The van der Waals surface area contributed by atoms with Gasteiger partial charge in [0.1, 0.15) is 11.6 Å². The molecule has 2 aliphatic rings. The summed E-state index contributed by atoms with van der Waals surface area (Å²) in [7, 11) is 2.15. The van der Waals surface area contributed by atoms with Crippen LogP contribution in [-0.4, -0.2) is 59.3 Å². The van der Waals surface area contributed by atoms with Crippen LogP contribution in [-0.2, 0) is 0 Å². The molecule has 0 saturated carbocycles. The number of rotatable bonds is 4. The first kappa shape index (κ1) is 21.9. The molecule has 7 nitrogen and oxygen atoms in total. The lowest BCUT2D eigenvalue weighted by Gasteiger charge is -2.34. The van der Waals surface area contributed by atoms with E-state index in [0.717, 1.165) is 85.2 Å². The molecule has 2 N–H and O–H groups in total. The van der Waals surface area contributed by atoms with Crippen molar-refractivity contribution in [1.29, 1.82) is 0 Å². The minimum Gasteiger partial charge on any atom is -0.397 e. The number of fused-ring (bicyclic) bond motifs is 1. The predicted octanol–water partition coefficient (Wildman–Crippen LogP) is 4.21. The van der Waals surface area contributed by atoms with E-state index in [0.29, 0.717) is 0 Å². The Kier molecular flexibility index (Phi) is 5.53. The van der Waals surface area contributed by atoms with Crippen LogP contribution in [0.25, 0.3) is 16.9 Å². The van der Waals surface area contributed by atoms with E-state index in [1.54, 1.807) is 12.1 Å². The Hall–Kier alpha value is -3.65. The average molecular weight is 472 g/mol. The van der Waals surface area contributed by atoms with E-state index in [1.807, 2.05) is 41.0 Å². The van der Waals surface area contributed by atoms with Crippen molar-refractivity contribution in [3.63, 3.8) is 0 Å². The number of aromatic nitrogens is 3. The van der Waals surface area contributed by atoms with Crippen molar-refractivity contribution in [1.82, 2.24) is 19.5 Å². The van der Waals surface area contributed by atoms with Crippen molar-refractivity contribution in [2.45, 2.75) is 18.9 Å². The first-order chi connectivity index (χ1) is 17.1. The van der Waals surface area contributed by atoms with Crippen LogP contribution in [0, 0.1) is 5.82 Å². The van der Waals surface area contributed by atoms with Crippen LogP contribution in [0.1, 0.15) is 24.4 Å². The lowest BCUT2D eigenvalue weighted by atomic mass is 10.0. The number of piperazine rings is 1. The first-order valence-electron chi connectivity index (χ1n) is 12.3. The Morgan fingerprint density at radius 3 is 2.66 bits per heavy atom. The molecule has 2 saturated heterocycles. The molecule has 0 amide bonds. The largest absolute Gasteiger partial charge is 0.397 e. The SMILES string of the molecule is CN1CCN(c2cc(-c3cnc4ccc(N5CCCC5c5cccc(F)c5)nn34)ccc2N)CC1. The summed E-state index contributed by atoms with van der Waals surface area (Å²) < 4.78 is 15.8. The summed E-state index contributed by atoms with van der Waals surface area (Å²) in [5, 5.41) is 5.00. The lowest BCUT2D eigenvalue weighted by Crippen LogP contribution is -2.44. The van der Waals surface area contributed by atoms with Crippen LogP contribution in [0.5, 0.6) is 0 Å². The third-order valence-corrected chi connectivity index (χ3v) is 7.30. The van der Waals surface area contributed by atoms with E-state index in [2.05, 4.69) is 32.8 Å². The maximum atomic E-state index is 13.9. The van der Waals surface area contributed by atoms with Gasteiger partial charge < -0.3 is 20.4 Å². The normalized spacial score (nSPS) is 19.1. The van der Waals surface area contributed by atoms with Crippen LogP contribution >= 0.6 is 0 Å². The van der Waals surface area contributed by atoms with Gasteiger partial charge in [0, 0.05) is 38.3 Å². The monoisotopic (exact) mass is 471 g/mol. The van der Waals surface area contributed by atoms with E-state index in [9.17, 15) is 4.39 Å². The molecule has 1 unspecified atom stereocenters. The second-order valence-corrected chi connectivity index (χ2v) is 9.58. The van der Waals surface area contributed by atoms with Crippen molar-refractivity contribution >= 4 is 22.8 Å². The number of nitrogens with two attached hydrogens (primary N) is 1. The Labute approximate surface area is 204 Å². The molecule has 1 atom stereocenters. The van der Waals surface area contributed by atoms with Crippen LogP contribution in [0.15, 0.2) is 60.8 Å². The van der Waals surface area contributed by atoms with Crippen LogP contribution < -0.4 is 15.5 Å². The van der Waals surface area contributed by atoms with Crippen molar-refractivity contribution in [2.75, 3.05) is 55.3 Å². The summed E-state index contributed by atoms with van der Waals surface area (Å²) >= 11 is 0. The number of likely N-dealkylation sites (N-methyl/N-ethyl adjacent to an activating group) is 1. The molecule has 35 heavy (non-hydrogen) atoms. The fraction of sp³-hybridized carbons (Fsp3) is 0.333. The summed E-state index contributed by atoms with van der Waals surface area (Å²) in [4.78, 5) is 11.6. The van der Waals surface area contributed by atoms with Gasteiger partial charge in [-0.05, 0) is 61.9 Å². The van der Waals surface area contributed by atoms with Gasteiger partial charge in [-0.2, -0.15) is 0 Å². The Bertz CT molecular complexity index is 1360. The van der Waals surface area contributed by atoms with Gasteiger partial charge in [0.25, 0.3) is 0 Å². The number of nitrogens with zero attached hydrogens (tertiary/aromatic N) is 6. The number of nitrogen functional groups attached to an aromatic ring is 1. The fourth-order valence-electron chi connectivity index (χ4n) is 5.34. The third-order valence-electron chi connectivity index (χ3n) is 7.30. The fourth-order valence-corrected chi connectivity index (χ4v) is 5.34. The molecule has 0 radical (unpaired) electrons. The number of benzene rings is 2. The maximum absolute atomic E-state index is 13.9. The molecule has 0 aliphatic carbocycles. The standard InChI is InChI=1S/C27H30FN7/c1-32-12-14-33(15-13-32)24-17-20(7-8-22(24)29)25-18-30-26-9-10-27(31-35(25)26)34-11-3-6-23(34)19-4-2-5-21(28)16-19/h2,4-5,7-10,16-18,23H,3,6,11-15,29H2,1H3. The van der Waals surface area contributed by atoms with Crippen LogP contribution in [0.3, 0.4) is 0 Å². The van der Waals surface area contributed by atoms with Gasteiger partial charge >= 0.3 is 0 Å². The van der Waals surface area contributed by atoms with Gasteiger partial charge in [0.15, 0.2) is 5.65 Å². The zero-order chi connectivity index (χ0) is 23.9. The number of imidazole rings is 1. The molecule has 8 heteroatoms. The summed E-state index contributed by atoms with van der Waals surface area (Å²) in [5.74, 6) is 0.674. The smallest absolute Gasteiger partial charge is 0.154 e. The van der Waals surface area contributed by atoms with Crippen molar-refractivity contribution in [3.8, 4) is 11.3 Å². The van der Waals surface area contributed by atoms with Gasteiger partial charge in [0.2, 0.25) is 0 Å². The summed E-state index contributed by atoms with van der Waals surface area (Å²) in [6.45, 7) is 4.84.